The lowest BCUT2D eigenvalue weighted by Gasteiger charge is -2.20. The predicted molar refractivity (Wildman–Crippen MR) is 56.4 cm³/mol. The van der Waals surface area contributed by atoms with Crippen molar-refractivity contribution in [2.75, 3.05) is 11.9 Å². The summed E-state index contributed by atoms with van der Waals surface area (Å²) in [6.45, 7) is 4.10. The van der Waals surface area contributed by atoms with Gasteiger partial charge in [-0.05, 0) is 5.92 Å². The summed E-state index contributed by atoms with van der Waals surface area (Å²) in [5.41, 5.74) is 0. The Labute approximate surface area is 88.3 Å². The second kappa shape index (κ2) is 5.12. The van der Waals surface area contributed by atoms with Gasteiger partial charge in [0.25, 0.3) is 0 Å². The molecule has 0 aliphatic rings. The molecule has 78 valence electrons. The molecule has 0 aliphatic heterocycles. The first-order valence-electron chi connectivity index (χ1n) is 4.48. The van der Waals surface area contributed by atoms with Crippen LogP contribution in [0.25, 0.3) is 0 Å². The normalized spacial score (nSPS) is 12.9. The van der Waals surface area contributed by atoms with Gasteiger partial charge in [0.05, 0.1) is 25.0 Å². The first-order valence-corrected chi connectivity index (χ1v) is 4.86. The van der Waals surface area contributed by atoms with Crippen LogP contribution in [0.2, 0.25) is 5.15 Å². The summed E-state index contributed by atoms with van der Waals surface area (Å²) >= 11 is 5.67. The molecule has 2 N–H and O–H groups in total. The molecule has 0 saturated carbocycles. The minimum atomic E-state index is -0.0252. The molecule has 5 heteroatoms. The Morgan fingerprint density at radius 1 is 1.50 bits per heavy atom. The molecule has 14 heavy (non-hydrogen) atoms. The van der Waals surface area contributed by atoms with Gasteiger partial charge in [0.15, 0.2) is 0 Å². The van der Waals surface area contributed by atoms with Crippen molar-refractivity contribution in [1.29, 1.82) is 0 Å². The molecule has 0 spiro atoms. The fourth-order valence-corrected chi connectivity index (χ4v) is 1.17. The standard InChI is InChI=1S/C9H14ClN3O/c1-6(2)7(5-14)12-9-4-11-3-8(10)13-9/h3-4,6-7,14H,5H2,1-2H3,(H,12,13)/t7-/m1/s1. The van der Waals surface area contributed by atoms with Gasteiger partial charge in [-0.15, -0.1) is 0 Å². The van der Waals surface area contributed by atoms with E-state index in [1.54, 1.807) is 6.20 Å². The average molecular weight is 216 g/mol. The van der Waals surface area contributed by atoms with E-state index in [4.69, 9.17) is 16.7 Å². The molecule has 0 radical (unpaired) electrons. The molecule has 0 unspecified atom stereocenters. The molecule has 1 rings (SSSR count). The van der Waals surface area contributed by atoms with Crippen LogP contribution in [0.15, 0.2) is 12.4 Å². The van der Waals surface area contributed by atoms with Gasteiger partial charge >= 0.3 is 0 Å². The van der Waals surface area contributed by atoms with Crippen molar-refractivity contribution >= 4 is 17.4 Å². The lowest BCUT2D eigenvalue weighted by molar-refractivity contribution is 0.249. The summed E-state index contributed by atoms with van der Waals surface area (Å²) in [6, 6.07) is -0.0252. The summed E-state index contributed by atoms with van der Waals surface area (Å²) < 4.78 is 0. The van der Waals surface area contributed by atoms with Crippen LogP contribution in [-0.2, 0) is 0 Å². The van der Waals surface area contributed by atoms with Gasteiger partial charge in [-0.1, -0.05) is 25.4 Å². The molecule has 0 aliphatic carbocycles. The van der Waals surface area contributed by atoms with Crippen LogP contribution >= 0.6 is 11.6 Å². The minimum absolute atomic E-state index is 0.0252. The third-order valence-corrected chi connectivity index (χ3v) is 2.12. The third-order valence-electron chi connectivity index (χ3n) is 1.94. The Morgan fingerprint density at radius 3 is 2.71 bits per heavy atom. The Kier molecular flexibility index (Phi) is 4.10. The summed E-state index contributed by atoms with van der Waals surface area (Å²) in [5, 5.41) is 12.5. The molecule has 0 amide bonds. The highest BCUT2D eigenvalue weighted by molar-refractivity contribution is 6.29. The van der Waals surface area contributed by atoms with Crippen molar-refractivity contribution in [1.82, 2.24) is 9.97 Å². The largest absolute Gasteiger partial charge is 0.394 e. The zero-order valence-electron chi connectivity index (χ0n) is 8.24. The second-order valence-electron chi connectivity index (χ2n) is 3.40. The van der Waals surface area contributed by atoms with Crippen LogP contribution in [0.1, 0.15) is 13.8 Å². The molecular formula is C9H14ClN3O. The van der Waals surface area contributed by atoms with Gasteiger partial charge in [0.2, 0.25) is 0 Å². The number of rotatable bonds is 4. The average Bonchev–Trinajstić information content (AvgIpc) is 2.14. The topological polar surface area (TPSA) is 58.0 Å². The molecule has 0 bridgehead atoms. The summed E-state index contributed by atoms with van der Waals surface area (Å²) in [5.74, 6) is 0.908. The van der Waals surface area contributed by atoms with E-state index >= 15 is 0 Å². The summed E-state index contributed by atoms with van der Waals surface area (Å²) in [7, 11) is 0. The number of hydrogen-bond acceptors (Lipinski definition) is 4. The molecule has 0 fully saturated rings. The summed E-state index contributed by atoms with van der Waals surface area (Å²) in [4.78, 5) is 7.92. The van der Waals surface area contributed by atoms with E-state index < -0.39 is 0 Å². The number of nitrogens with one attached hydrogen (secondary N) is 1. The van der Waals surface area contributed by atoms with Crippen LogP contribution in [0.3, 0.4) is 0 Å². The van der Waals surface area contributed by atoms with Crippen LogP contribution in [0.4, 0.5) is 5.82 Å². The van der Waals surface area contributed by atoms with E-state index in [0.29, 0.717) is 16.9 Å². The zero-order valence-corrected chi connectivity index (χ0v) is 8.99. The van der Waals surface area contributed by atoms with Crippen LogP contribution < -0.4 is 5.32 Å². The van der Waals surface area contributed by atoms with Crippen molar-refractivity contribution in [2.24, 2.45) is 5.92 Å². The van der Waals surface area contributed by atoms with Crippen LogP contribution in [0, 0.1) is 5.92 Å². The first-order chi connectivity index (χ1) is 6.63. The minimum Gasteiger partial charge on any atom is -0.394 e. The quantitative estimate of drug-likeness (QED) is 0.801. The highest BCUT2D eigenvalue weighted by Crippen LogP contribution is 2.11. The molecule has 0 saturated heterocycles. The van der Waals surface area contributed by atoms with Crippen molar-refractivity contribution in [3.05, 3.63) is 17.5 Å². The van der Waals surface area contributed by atoms with Crippen molar-refractivity contribution in [3.63, 3.8) is 0 Å². The van der Waals surface area contributed by atoms with Gasteiger partial charge in [0.1, 0.15) is 11.0 Å². The molecule has 1 atom stereocenters. The second-order valence-corrected chi connectivity index (χ2v) is 3.79. The SMILES string of the molecule is CC(C)[C@@H](CO)Nc1cncc(Cl)n1. The Bertz CT molecular complexity index is 293. The van der Waals surface area contributed by atoms with Gasteiger partial charge in [-0.25, -0.2) is 4.98 Å². The molecule has 1 heterocycles. The van der Waals surface area contributed by atoms with Gasteiger partial charge in [-0.2, -0.15) is 0 Å². The molecule has 4 nitrogen and oxygen atoms in total. The predicted octanol–water partition coefficient (Wildman–Crippen LogP) is 1.56. The number of aliphatic hydroxyl groups is 1. The number of anilines is 1. The Morgan fingerprint density at radius 2 is 2.21 bits per heavy atom. The maximum Gasteiger partial charge on any atom is 0.149 e. The number of halogens is 1. The number of aliphatic hydroxyl groups excluding tert-OH is 1. The van der Waals surface area contributed by atoms with E-state index in [9.17, 15) is 0 Å². The third kappa shape index (κ3) is 3.12. The lowest BCUT2D eigenvalue weighted by Crippen LogP contribution is -2.29. The number of hydrogen-bond donors (Lipinski definition) is 2. The van der Waals surface area contributed by atoms with Gasteiger partial charge in [0, 0.05) is 0 Å². The van der Waals surface area contributed by atoms with E-state index in [2.05, 4.69) is 15.3 Å². The summed E-state index contributed by atoms with van der Waals surface area (Å²) in [6.07, 6.45) is 3.05. The smallest absolute Gasteiger partial charge is 0.149 e. The fraction of sp³-hybridized carbons (Fsp3) is 0.556. The highest BCUT2D eigenvalue weighted by atomic mass is 35.5. The lowest BCUT2D eigenvalue weighted by atomic mass is 10.1. The number of nitrogens with zero attached hydrogens (tertiary/aromatic N) is 2. The van der Waals surface area contributed by atoms with E-state index in [0.717, 1.165) is 0 Å². The van der Waals surface area contributed by atoms with E-state index in [1.807, 2.05) is 13.8 Å². The first kappa shape index (κ1) is 11.2. The van der Waals surface area contributed by atoms with Crippen molar-refractivity contribution in [3.8, 4) is 0 Å². The van der Waals surface area contributed by atoms with Crippen molar-refractivity contribution < 1.29 is 5.11 Å². The monoisotopic (exact) mass is 215 g/mol. The molecule has 0 aromatic carbocycles. The molecule has 1 aromatic heterocycles. The van der Waals surface area contributed by atoms with Gasteiger partial charge in [-0.3, -0.25) is 4.98 Å². The maximum absolute atomic E-state index is 9.08. The van der Waals surface area contributed by atoms with Gasteiger partial charge < -0.3 is 10.4 Å². The fourth-order valence-electron chi connectivity index (χ4n) is 1.02. The molecule has 1 aromatic rings. The number of aromatic nitrogens is 2. The highest BCUT2D eigenvalue weighted by Gasteiger charge is 2.12. The Balaban J connectivity index is 2.67. The van der Waals surface area contributed by atoms with E-state index in [1.165, 1.54) is 6.20 Å². The van der Waals surface area contributed by atoms with Crippen molar-refractivity contribution in [2.45, 2.75) is 19.9 Å². The Hall–Kier alpha value is -0.870. The molecular weight excluding hydrogens is 202 g/mol. The zero-order chi connectivity index (χ0) is 10.6. The van der Waals surface area contributed by atoms with Crippen LogP contribution in [-0.4, -0.2) is 27.7 Å². The van der Waals surface area contributed by atoms with Crippen LogP contribution in [0.5, 0.6) is 0 Å². The van der Waals surface area contributed by atoms with E-state index in [-0.39, 0.29) is 12.6 Å². The maximum atomic E-state index is 9.08.